The van der Waals surface area contributed by atoms with Gasteiger partial charge in [0.2, 0.25) is 0 Å². The van der Waals surface area contributed by atoms with E-state index in [2.05, 4.69) is 20.4 Å². The van der Waals surface area contributed by atoms with E-state index in [1.54, 1.807) is 0 Å². The highest BCUT2D eigenvalue weighted by Crippen LogP contribution is 2.63. The molecule has 0 bridgehead atoms. The predicted octanol–water partition coefficient (Wildman–Crippen LogP) is 7.71. The Morgan fingerprint density at radius 1 is 1.03 bits per heavy atom. The molecule has 0 heterocycles. The molecule has 4 rings (SSSR count). The molecule has 0 saturated heterocycles. The highest BCUT2D eigenvalue weighted by atomic mass is 16.4. The summed E-state index contributed by atoms with van der Waals surface area (Å²) < 4.78 is 0. The topological polar surface area (TPSA) is 71.4 Å². The van der Waals surface area contributed by atoms with Crippen LogP contribution in [-0.2, 0) is 14.4 Å². The van der Waals surface area contributed by atoms with Crippen molar-refractivity contribution < 1.29 is 19.5 Å². The fraction of sp³-hybridized carbons (Fsp3) is 0.767. The normalized spacial score (nSPS) is 34.0. The fourth-order valence-corrected chi connectivity index (χ4v) is 7.54. The van der Waals surface area contributed by atoms with Gasteiger partial charge in [-0.15, -0.1) is 0 Å². The van der Waals surface area contributed by atoms with E-state index in [-0.39, 0.29) is 34.7 Å². The Morgan fingerprint density at radius 3 is 2.35 bits per heavy atom. The summed E-state index contributed by atoms with van der Waals surface area (Å²) in [5.74, 6) is 0.675. The number of allylic oxidation sites excluding steroid dienone is 2. The van der Waals surface area contributed by atoms with Crippen molar-refractivity contribution >= 4 is 17.5 Å². The second kappa shape index (κ2) is 11.8. The van der Waals surface area contributed by atoms with Crippen LogP contribution in [0.1, 0.15) is 119 Å². The second-order valence-electron chi connectivity index (χ2n) is 10.9. The molecule has 34 heavy (non-hydrogen) atoms. The Balaban J connectivity index is 0.000000970. The van der Waals surface area contributed by atoms with Crippen molar-refractivity contribution in [3.63, 3.8) is 0 Å². The highest BCUT2D eigenvalue weighted by molar-refractivity contribution is 6.10. The molecule has 0 spiro atoms. The monoisotopic (exact) mass is 472 g/mol. The number of aliphatic carboxylic acids is 1. The SMILES string of the molecule is C=C(CCCC1CCC2C3=C(C(=O)CC12C)C1(C)CCCCC1CC3=O)CC(=O)O.CC.CC. The van der Waals surface area contributed by atoms with Crippen LogP contribution in [0.2, 0.25) is 0 Å². The summed E-state index contributed by atoms with van der Waals surface area (Å²) in [6, 6.07) is 0. The minimum Gasteiger partial charge on any atom is -0.481 e. The number of hydrogen-bond acceptors (Lipinski definition) is 3. The number of fused-ring (bicyclic) bond motifs is 4. The molecule has 5 atom stereocenters. The minimum absolute atomic E-state index is 0.0353. The maximum atomic E-state index is 13.5. The van der Waals surface area contributed by atoms with E-state index in [9.17, 15) is 14.4 Å². The van der Waals surface area contributed by atoms with Gasteiger partial charge in [0.15, 0.2) is 11.6 Å². The van der Waals surface area contributed by atoms with E-state index in [0.717, 1.165) is 68.1 Å². The van der Waals surface area contributed by atoms with Gasteiger partial charge in [0.05, 0.1) is 6.42 Å². The molecule has 5 unspecified atom stereocenters. The molecule has 2 saturated carbocycles. The number of carbonyl (C=O) groups is 3. The first kappa shape index (κ1) is 28.5. The lowest BCUT2D eigenvalue weighted by atomic mass is 9.50. The van der Waals surface area contributed by atoms with E-state index in [0.29, 0.717) is 24.7 Å². The van der Waals surface area contributed by atoms with Crippen molar-refractivity contribution in [3.8, 4) is 0 Å². The molecule has 4 aliphatic carbocycles. The Morgan fingerprint density at radius 2 is 1.71 bits per heavy atom. The zero-order chi connectivity index (χ0) is 25.7. The van der Waals surface area contributed by atoms with Crippen molar-refractivity contribution in [2.45, 2.75) is 119 Å². The molecule has 0 aromatic heterocycles. The number of ketones is 2. The van der Waals surface area contributed by atoms with Gasteiger partial charge < -0.3 is 5.11 Å². The summed E-state index contributed by atoms with van der Waals surface area (Å²) in [6.07, 6.45) is 10.4. The summed E-state index contributed by atoms with van der Waals surface area (Å²) >= 11 is 0. The molecule has 1 N–H and O–H groups in total. The van der Waals surface area contributed by atoms with Crippen LogP contribution in [0.3, 0.4) is 0 Å². The van der Waals surface area contributed by atoms with Crippen LogP contribution >= 0.6 is 0 Å². The Labute approximate surface area is 207 Å². The van der Waals surface area contributed by atoms with Gasteiger partial charge in [0, 0.05) is 24.0 Å². The zero-order valence-electron chi connectivity index (χ0n) is 22.6. The molecule has 0 amide bonds. The molecule has 2 fully saturated rings. The average molecular weight is 473 g/mol. The van der Waals surface area contributed by atoms with E-state index < -0.39 is 5.97 Å². The third kappa shape index (κ3) is 5.26. The first-order valence-corrected chi connectivity index (χ1v) is 13.9. The van der Waals surface area contributed by atoms with Crippen molar-refractivity contribution in [1.82, 2.24) is 0 Å². The Bertz CT molecular complexity index is 822. The van der Waals surface area contributed by atoms with E-state index in [1.165, 1.54) is 6.42 Å². The molecule has 4 heteroatoms. The lowest BCUT2D eigenvalue weighted by Gasteiger charge is -2.52. The molecular weight excluding hydrogens is 424 g/mol. The average Bonchev–Trinajstić information content (AvgIpc) is 3.11. The lowest BCUT2D eigenvalue weighted by Crippen LogP contribution is -2.49. The van der Waals surface area contributed by atoms with Crippen molar-refractivity contribution in [2.24, 2.45) is 28.6 Å². The molecule has 0 aromatic carbocycles. The standard InChI is InChI=1S/C26H36O4.2C2H6/c1-16(13-22(29)30)7-6-9-17-10-11-19-23-20(27)14-18-8-4-5-12-25(18,2)24(23)21(28)15-26(17,19)3;2*1-2/h17-19H,1,4-15H2,2-3H3,(H,29,30);2*1-2H3. The molecule has 4 aliphatic rings. The number of rotatable bonds is 6. The zero-order valence-corrected chi connectivity index (χ0v) is 22.6. The van der Waals surface area contributed by atoms with Gasteiger partial charge in [-0.1, -0.05) is 66.5 Å². The van der Waals surface area contributed by atoms with Crippen LogP contribution in [0.5, 0.6) is 0 Å². The first-order chi connectivity index (χ1) is 16.2. The van der Waals surface area contributed by atoms with Gasteiger partial charge in [0.25, 0.3) is 0 Å². The molecule has 0 aromatic rings. The highest BCUT2D eigenvalue weighted by Gasteiger charge is 2.59. The predicted molar refractivity (Wildman–Crippen MR) is 139 cm³/mol. The summed E-state index contributed by atoms with van der Waals surface area (Å²) in [7, 11) is 0. The van der Waals surface area contributed by atoms with Gasteiger partial charge in [0.1, 0.15) is 0 Å². The van der Waals surface area contributed by atoms with Gasteiger partial charge >= 0.3 is 5.97 Å². The van der Waals surface area contributed by atoms with E-state index in [1.807, 2.05) is 27.7 Å². The van der Waals surface area contributed by atoms with Crippen LogP contribution in [0.25, 0.3) is 0 Å². The van der Waals surface area contributed by atoms with Crippen LogP contribution < -0.4 is 0 Å². The summed E-state index contributed by atoms with van der Waals surface area (Å²) in [4.78, 5) is 37.7. The number of carboxylic acid groups (broad SMARTS) is 1. The number of carboxylic acids is 1. The largest absolute Gasteiger partial charge is 0.481 e. The van der Waals surface area contributed by atoms with Crippen LogP contribution in [0.15, 0.2) is 23.3 Å². The van der Waals surface area contributed by atoms with Gasteiger partial charge in [-0.3, -0.25) is 14.4 Å². The van der Waals surface area contributed by atoms with Gasteiger partial charge in [-0.2, -0.15) is 0 Å². The fourth-order valence-electron chi connectivity index (χ4n) is 7.54. The van der Waals surface area contributed by atoms with Crippen molar-refractivity contribution in [2.75, 3.05) is 0 Å². The number of carbonyl (C=O) groups excluding carboxylic acids is 2. The lowest BCUT2D eigenvalue weighted by molar-refractivity contribution is -0.136. The molecule has 0 radical (unpaired) electrons. The third-order valence-electron chi connectivity index (χ3n) is 9.16. The smallest absolute Gasteiger partial charge is 0.307 e. The van der Waals surface area contributed by atoms with E-state index >= 15 is 0 Å². The molecule has 4 nitrogen and oxygen atoms in total. The first-order valence-electron chi connectivity index (χ1n) is 13.9. The molecule has 0 aliphatic heterocycles. The minimum atomic E-state index is -0.824. The van der Waals surface area contributed by atoms with Gasteiger partial charge in [-0.05, 0) is 73.5 Å². The summed E-state index contributed by atoms with van der Waals surface area (Å²) in [5.41, 5.74) is 2.41. The van der Waals surface area contributed by atoms with Crippen molar-refractivity contribution in [3.05, 3.63) is 23.3 Å². The van der Waals surface area contributed by atoms with Crippen LogP contribution in [0.4, 0.5) is 0 Å². The molecular formula is C30H48O4. The second-order valence-corrected chi connectivity index (χ2v) is 10.9. The van der Waals surface area contributed by atoms with Crippen LogP contribution in [-0.4, -0.2) is 22.6 Å². The molecule has 192 valence electrons. The third-order valence-corrected chi connectivity index (χ3v) is 9.16. The van der Waals surface area contributed by atoms with Crippen LogP contribution in [0, 0.1) is 28.6 Å². The Hall–Kier alpha value is -1.71. The van der Waals surface area contributed by atoms with E-state index in [4.69, 9.17) is 5.11 Å². The quantitative estimate of drug-likeness (QED) is 0.402. The maximum absolute atomic E-state index is 13.5. The van der Waals surface area contributed by atoms with Crippen molar-refractivity contribution in [1.29, 1.82) is 0 Å². The number of hydrogen-bond donors (Lipinski definition) is 1. The van der Waals surface area contributed by atoms with Gasteiger partial charge in [-0.25, -0.2) is 0 Å². The maximum Gasteiger partial charge on any atom is 0.307 e. The summed E-state index contributed by atoms with van der Waals surface area (Å²) in [5, 5.41) is 8.92. The number of Topliss-reactive ketones (excluding diaryl/α,β-unsaturated/α-hetero) is 2. The summed E-state index contributed by atoms with van der Waals surface area (Å²) in [6.45, 7) is 16.4. The Kier molecular flexibility index (Phi) is 9.91.